The molecule has 3 rings (SSSR count). The van der Waals surface area contributed by atoms with Crippen LogP contribution in [0.1, 0.15) is 68.5 Å². The molecule has 1 heterocycles. The molecule has 8 heteroatoms. The fraction of sp³-hybridized carbons (Fsp3) is 0.545. The van der Waals surface area contributed by atoms with E-state index in [4.69, 9.17) is 9.26 Å². The topological polar surface area (TPSA) is 106 Å². The van der Waals surface area contributed by atoms with Gasteiger partial charge in [-0.05, 0) is 57.4 Å². The number of carbonyl (C=O) groups excluding carboxylic acids is 2. The molecule has 8 nitrogen and oxygen atoms in total. The summed E-state index contributed by atoms with van der Waals surface area (Å²) >= 11 is 0. The molecule has 1 saturated carbocycles. The summed E-state index contributed by atoms with van der Waals surface area (Å²) in [5.74, 6) is 1.59. The van der Waals surface area contributed by atoms with Crippen LogP contribution < -0.4 is 15.4 Å². The highest BCUT2D eigenvalue weighted by molar-refractivity contribution is 5.94. The van der Waals surface area contributed by atoms with Crippen molar-refractivity contribution in [2.45, 2.75) is 71.6 Å². The first kappa shape index (κ1) is 21.8. The summed E-state index contributed by atoms with van der Waals surface area (Å²) in [4.78, 5) is 29.1. The zero-order valence-electron chi connectivity index (χ0n) is 17.8. The number of nitrogens with zero attached hydrogens (tertiary/aromatic N) is 2. The lowest BCUT2D eigenvalue weighted by atomic mass is 9.85. The number of carbonyl (C=O) groups is 2. The van der Waals surface area contributed by atoms with Crippen molar-refractivity contribution in [3.63, 3.8) is 0 Å². The first-order valence-electron chi connectivity index (χ1n) is 10.6. The molecule has 2 aromatic rings. The van der Waals surface area contributed by atoms with Gasteiger partial charge in [0.05, 0.1) is 0 Å². The number of rotatable bonds is 8. The zero-order chi connectivity index (χ0) is 21.5. The average molecular weight is 415 g/mol. The molecule has 1 aromatic heterocycles. The predicted molar refractivity (Wildman–Crippen MR) is 111 cm³/mol. The van der Waals surface area contributed by atoms with Crippen LogP contribution in [0, 0.1) is 5.92 Å². The van der Waals surface area contributed by atoms with Crippen LogP contribution in [0.15, 0.2) is 28.8 Å². The Kier molecular flexibility index (Phi) is 7.43. The quantitative estimate of drug-likeness (QED) is 0.688. The summed E-state index contributed by atoms with van der Waals surface area (Å²) in [6.45, 7) is 6.06. The standard InChI is InChI=1S/C22H30N4O4/c1-4-20-25-19(26-30-20)13-29-18-10-8-15(9-11-18)21(27)24-17-7-5-6-16(12-17)22(28)23-14(2)3/h8-11,14,16-17H,4-7,12-13H2,1-3H3,(H,23,28)(H,24,27). The molecule has 162 valence electrons. The highest BCUT2D eigenvalue weighted by atomic mass is 16.5. The maximum absolute atomic E-state index is 12.6. The van der Waals surface area contributed by atoms with E-state index in [9.17, 15) is 9.59 Å². The van der Waals surface area contributed by atoms with Gasteiger partial charge in [0.25, 0.3) is 5.91 Å². The Labute approximate surface area is 176 Å². The van der Waals surface area contributed by atoms with Crippen LogP contribution in [0.25, 0.3) is 0 Å². The van der Waals surface area contributed by atoms with E-state index in [-0.39, 0.29) is 36.4 Å². The van der Waals surface area contributed by atoms with E-state index in [0.717, 1.165) is 19.3 Å². The Bertz CT molecular complexity index is 847. The highest BCUT2D eigenvalue weighted by Crippen LogP contribution is 2.25. The normalized spacial score (nSPS) is 18.8. The molecule has 1 fully saturated rings. The molecule has 0 bridgehead atoms. The minimum Gasteiger partial charge on any atom is -0.485 e. The van der Waals surface area contributed by atoms with Crippen LogP contribution in [0.5, 0.6) is 5.75 Å². The van der Waals surface area contributed by atoms with Crippen molar-refractivity contribution in [3.05, 3.63) is 41.5 Å². The van der Waals surface area contributed by atoms with Crippen molar-refractivity contribution in [1.82, 2.24) is 20.8 Å². The maximum atomic E-state index is 12.6. The van der Waals surface area contributed by atoms with Crippen molar-refractivity contribution in [2.24, 2.45) is 5.92 Å². The van der Waals surface area contributed by atoms with Crippen molar-refractivity contribution in [1.29, 1.82) is 0 Å². The number of nitrogens with one attached hydrogen (secondary N) is 2. The smallest absolute Gasteiger partial charge is 0.251 e. The number of amides is 2. The average Bonchev–Trinajstić information content (AvgIpc) is 3.20. The summed E-state index contributed by atoms with van der Waals surface area (Å²) in [5, 5.41) is 9.88. The molecule has 2 N–H and O–H groups in total. The third kappa shape index (κ3) is 6.05. The van der Waals surface area contributed by atoms with Gasteiger partial charge in [-0.15, -0.1) is 0 Å². The van der Waals surface area contributed by atoms with Gasteiger partial charge in [0.1, 0.15) is 5.75 Å². The first-order valence-corrected chi connectivity index (χ1v) is 10.6. The Morgan fingerprint density at radius 3 is 2.67 bits per heavy atom. The molecule has 2 unspecified atom stereocenters. The molecule has 2 amide bonds. The van der Waals surface area contributed by atoms with Crippen molar-refractivity contribution < 1.29 is 18.8 Å². The van der Waals surface area contributed by atoms with E-state index in [1.807, 2.05) is 20.8 Å². The van der Waals surface area contributed by atoms with Crippen molar-refractivity contribution >= 4 is 11.8 Å². The van der Waals surface area contributed by atoms with Gasteiger partial charge in [-0.3, -0.25) is 9.59 Å². The van der Waals surface area contributed by atoms with Gasteiger partial charge in [0.2, 0.25) is 17.6 Å². The van der Waals surface area contributed by atoms with Crippen LogP contribution in [0.2, 0.25) is 0 Å². The van der Waals surface area contributed by atoms with Gasteiger partial charge in [-0.1, -0.05) is 18.5 Å². The second kappa shape index (κ2) is 10.2. The number of hydrogen-bond donors (Lipinski definition) is 2. The predicted octanol–water partition coefficient (Wildman–Crippen LogP) is 3.02. The Morgan fingerprint density at radius 1 is 1.23 bits per heavy atom. The summed E-state index contributed by atoms with van der Waals surface area (Å²) in [7, 11) is 0. The van der Waals surface area contributed by atoms with Crippen molar-refractivity contribution in [2.75, 3.05) is 0 Å². The number of hydrogen-bond acceptors (Lipinski definition) is 6. The molecule has 30 heavy (non-hydrogen) atoms. The molecular formula is C22H30N4O4. The fourth-order valence-corrected chi connectivity index (χ4v) is 3.57. The minimum atomic E-state index is -0.137. The number of ether oxygens (including phenoxy) is 1. The van der Waals surface area contributed by atoms with Gasteiger partial charge in [-0.25, -0.2) is 0 Å². The maximum Gasteiger partial charge on any atom is 0.251 e. The third-order valence-electron chi connectivity index (χ3n) is 5.11. The monoisotopic (exact) mass is 414 g/mol. The summed E-state index contributed by atoms with van der Waals surface area (Å²) in [6, 6.07) is 7.08. The molecule has 1 aliphatic carbocycles. The van der Waals surface area contributed by atoms with E-state index in [2.05, 4.69) is 20.8 Å². The van der Waals surface area contributed by atoms with Crippen molar-refractivity contribution in [3.8, 4) is 5.75 Å². The highest BCUT2D eigenvalue weighted by Gasteiger charge is 2.28. The molecule has 0 spiro atoms. The lowest BCUT2D eigenvalue weighted by Crippen LogP contribution is -2.43. The Morgan fingerprint density at radius 2 is 2.00 bits per heavy atom. The molecule has 2 atom stereocenters. The lowest BCUT2D eigenvalue weighted by molar-refractivity contribution is -0.126. The third-order valence-corrected chi connectivity index (χ3v) is 5.11. The Hall–Kier alpha value is -2.90. The molecule has 1 aliphatic rings. The molecule has 1 aromatic carbocycles. The Balaban J connectivity index is 1.49. The molecule has 0 saturated heterocycles. The van der Waals surface area contributed by atoms with Crippen LogP contribution in [-0.4, -0.2) is 34.0 Å². The van der Waals surface area contributed by atoms with Crippen LogP contribution >= 0.6 is 0 Å². The van der Waals surface area contributed by atoms with E-state index < -0.39 is 0 Å². The first-order chi connectivity index (χ1) is 14.4. The van der Waals surface area contributed by atoms with Gasteiger partial charge < -0.3 is 19.9 Å². The number of aromatic nitrogens is 2. The van der Waals surface area contributed by atoms with Crippen LogP contribution in [0.4, 0.5) is 0 Å². The molecule has 0 aliphatic heterocycles. The van der Waals surface area contributed by atoms with Crippen LogP contribution in [0.3, 0.4) is 0 Å². The van der Waals surface area contributed by atoms with Crippen LogP contribution in [-0.2, 0) is 17.8 Å². The summed E-state index contributed by atoms with van der Waals surface area (Å²) in [5.41, 5.74) is 0.559. The lowest BCUT2D eigenvalue weighted by Gasteiger charge is -2.29. The van der Waals surface area contributed by atoms with E-state index >= 15 is 0 Å². The minimum absolute atomic E-state index is 0.0103. The second-order valence-corrected chi connectivity index (χ2v) is 7.97. The fourth-order valence-electron chi connectivity index (χ4n) is 3.57. The SMILES string of the molecule is CCc1nc(COc2ccc(C(=O)NC3CCCC(C(=O)NC(C)C)C3)cc2)no1. The van der Waals surface area contributed by atoms with E-state index in [1.54, 1.807) is 24.3 Å². The summed E-state index contributed by atoms with van der Waals surface area (Å²) in [6.07, 6.45) is 4.06. The summed E-state index contributed by atoms with van der Waals surface area (Å²) < 4.78 is 10.7. The van der Waals surface area contributed by atoms with Gasteiger partial charge >= 0.3 is 0 Å². The largest absolute Gasteiger partial charge is 0.485 e. The van der Waals surface area contributed by atoms with Gasteiger partial charge in [0.15, 0.2) is 6.61 Å². The second-order valence-electron chi connectivity index (χ2n) is 7.97. The van der Waals surface area contributed by atoms with E-state index in [1.165, 1.54) is 0 Å². The molecular weight excluding hydrogens is 384 g/mol. The van der Waals surface area contributed by atoms with E-state index in [0.29, 0.717) is 35.9 Å². The number of benzene rings is 1. The molecule has 0 radical (unpaired) electrons. The zero-order valence-corrected chi connectivity index (χ0v) is 17.8. The van der Waals surface area contributed by atoms with Gasteiger partial charge in [0, 0.05) is 30.0 Å². The number of aryl methyl sites for hydroxylation is 1. The van der Waals surface area contributed by atoms with Gasteiger partial charge in [-0.2, -0.15) is 4.98 Å².